The second-order valence-electron chi connectivity index (χ2n) is 5.36. The Labute approximate surface area is 127 Å². The Balaban J connectivity index is 2.47. The summed E-state index contributed by atoms with van der Waals surface area (Å²) in [5.41, 5.74) is 3.74. The molecule has 0 bridgehead atoms. The van der Waals surface area contributed by atoms with Crippen LogP contribution in [0.2, 0.25) is 0 Å². The molecule has 1 unspecified atom stereocenters. The normalized spacial score (nSPS) is 12.3. The van der Waals surface area contributed by atoms with Crippen LogP contribution < -0.4 is 9.47 Å². The summed E-state index contributed by atoms with van der Waals surface area (Å²) < 4.78 is 10.6. The zero-order chi connectivity index (χ0) is 15.4. The second kappa shape index (κ2) is 6.64. The fourth-order valence-corrected chi connectivity index (χ4v) is 2.58. The Morgan fingerprint density at radius 3 is 1.95 bits per heavy atom. The average Bonchev–Trinajstić information content (AvgIpc) is 2.50. The third-order valence-electron chi connectivity index (χ3n) is 3.73. The first-order chi connectivity index (χ1) is 10.1. The molecule has 2 aromatic rings. The molecule has 0 aliphatic rings. The molecule has 1 atom stereocenters. The maximum Gasteiger partial charge on any atom is 0.119 e. The highest BCUT2D eigenvalue weighted by Crippen LogP contribution is 2.32. The summed E-state index contributed by atoms with van der Waals surface area (Å²) in [7, 11) is 7.57. The number of benzene rings is 2. The molecule has 0 N–H and O–H groups in total. The molecule has 0 amide bonds. The van der Waals surface area contributed by atoms with E-state index >= 15 is 0 Å². The molecular weight excluding hydrogens is 262 g/mol. The predicted molar refractivity (Wildman–Crippen MR) is 86.3 cm³/mol. The Kier molecular flexibility index (Phi) is 4.86. The number of nitrogens with zero attached hydrogens (tertiary/aromatic N) is 1. The van der Waals surface area contributed by atoms with Gasteiger partial charge in [0.25, 0.3) is 0 Å². The van der Waals surface area contributed by atoms with E-state index in [-0.39, 0.29) is 6.04 Å². The summed E-state index contributed by atoms with van der Waals surface area (Å²) in [6.45, 7) is 2.13. The molecule has 3 heteroatoms. The van der Waals surface area contributed by atoms with E-state index in [1.54, 1.807) is 14.2 Å². The van der Waals surface area contributed by atoms with Gasteiger partial charge >= 0.3 is 0 Å². The van der Waals surface area contributed by atoms with Gasteiger partial charge in [0.15, 0.2) is 0 Å². The molecule has 0 fully saturated rings. The molecule has 0 aromatic heterocycles. The van der Waals surface area contributed by atoms with E-state index in [4.69, 9.17) is 9.47 Å². The SMILES string of the molecule is COc1ccc(C(c2cc(OC)ccc2C)N(C)C)cc1. The number of rotatable bonds is 5. The minimum atomic E-state index is 0.186. The zero-order valence-corrected chi connectivity index (χ0v) is 13.4. The molecule has 0 saturated carbocycles. The van der Waals surface area contributed by atoms with Gasteiger partial charge < -0.3 is 9.47 Å². The van der Waals surface area contributed by atoms with Crippen molar-refractivity contribution in [2.24, 2.45) is 0 Å². The molecule has 2 rings (SSSR count). The van der Waals surface area contributed by atoms with E-state index in [0.29, 0.717) is 0 Å². The fourth-order valence-electron chi connectivity index (χ4n) is 2.58. The van der Waals surface area contributed by atoms with E-state index in [2.05, 4.69) is 50.2 Å². The maximum absolute atomic E-state index is 5.37. The van der Waals surface area contributed by atoms with Crippen molar-refractivity contribution in [3.05, 3.63) is 59.2 Å². The predicted octanol–water partition coefficient (Wildman–Crippen LogP) is 3.66. The van der Waals surface area contributed by atoms with Crippen LogP contribution in [0.15, 0.2) is 42.5 Å². The number of hydrogen-bond acceptors (Lipinski definition) is 3. The van der Waals surface area contributed by atoms with Crippen LogP contribution >= 0.6 is 0 Å². The van der Waals surface area contributed by atoms with E-state index in [9.17, 15) is 0 Å². The Bertz CT molecular complexity index is 591. The van der Waals surface area contributed by atoms with Crippen LogP contribution in [0.5, 0.6) is 11.5 Å². The highest BCUT2D eigenvalue weighted by atomic mass is 16.5. The topological polar surface area (TPSA) is 21.7 Å². The average molecular weight is 285 g/mol. The van der Waals surface area contributed by atoms with Gasteiger partial charge in [-0.05, 0) is 62.0 Å². The lowest BCUT2D eigenvalue weighted by Gasteiger charge is -2.27. The van der Waals surface area contributed by atoms with Crippen molar-refractivity contribution in [2.45, 2.75) is 13.0 Å². The third kappa shape index (κ3) is 3.37. The van der Waals surface area contributed by atoms with Crippen molar-refractivity contribution < 1.29 is 9.47 Å². The Hall–Kier alpha value is -2.00. The lowest BCUT2D eigenvalue weighted by Crippen LogP contribution is -2.22. The van der Waals surface area contributed by atoms with E-state index < -0.39 is 0 Å². The smallest absolute Gasteiger partial charge is 0.119 e. The van der Waals surface area contributed by atoms with E-state index in [0.717, 1.165) is 11.5 Å². The van der Waals surface area contributed by atoms with Gasteiger partial charge in [-0.15, -0.1) is 0 Å². The molecule has 0 aliphatic carbocycles. The summed E-state index contributed by atoms with van der Waals surface area (Å²) >= 11 is 0. The number of hydrogen-bond donors (Lipinski definition) is 0. The van der Waals surface area contributed by atoms with E-state index in [1.165, 1.54) is 16.7 Å². The van der Waals surface area contributed by atoms with Crippen LogP contribution in [0.1, 0.15) is 22.7 Å². The van der Waals surface area contributed by atoms with Crippen LogP contribution in [-0.2, 0) is 0 Å². The Morgan fingerprint density at radius 2 is 1.43 bits per heavy atom. The molecule has 0 aliphatic heterocycles. The summed E-state index contributed by atoms with van der Waals surface area (Å²) in [4.78, 5) is 2.21. The van der Waals surface area contributed by atoms with Gasteiger partial charge in [-0.1, -0.05) is 18.2 Å². The second-order valence-corrected chi connectivity index (χ2v) is 5.36. The quantitative estimate of drug-likeness (QED) is 0.837. The highest BCUT2D eigenvalue weighted by molar-refractivity contribution is 5.42. The van der Waals surface area contributed by atoms with E-state index in [1.807, 2.05) is 18.2 Å². The molecule has 3 nitrogen and oxygen atoms in total. The van der Waals surface area contributed by atoms with Crippen molar-refractivity contribution in [3.8, 4) is 11.5 Å². The van der Waals surface area contributed by atoms with Crippen LogP contribution in [0, 0.1) is 6.92 Å². The molecule has 21 heavy (non-hydrogen) atoms. The van der Waals surface area contributed by atoms with Crippen molar-refractivity contribution >= 4 is 0 Å². The van der Waals surface area contributed by atoms with Crippen LogP contribution in [0.3, 0.4) is 0 Å². The van der Waals surface area contributed by atoms with Gasteiger partial charge in [0.05, 0.1) is 20.3 Å². The molecule has 0 saturated heterocycles. The van der Waals surface area contributed by atoms with Crippen LogP contribution in [-0.4, -0.2) is 33.2 Å². The van der Waals surface area contributed by atoms with Crippen molar-refractivity contribution in [1.29, 1.82) is 0 Å². The fraction of sp³-hybridized carbons (Fsp3) is 0.333. The third-order valence-corrected chi connectivity index (χ3v) is 3.73. The van der Waals surface area contributed by atoms with Gasteiger partial charge in [-0.2, -0.15) is 0 Å². The van der Waals surface area contributed by atoms with Crippen molar-refractivity contribution in [2.75, 3.05) is 28.3 Å². The maximum atomic E-state index is 5.37. The Morgan fingerprint density at radius 1 is 0.857 bits per heavy atom. The lowest BCUT2D eigenvalue weighted by atomic mass is 9.94. The van der Waals surface area contributed by atoms with Gasteiger partial charge in [-0.25, -0.2) is 0 Å². The van der Waals surface area contributed by atoms with Crippen LogP contribution in [0.25, 0.3) is 0 Å². The van der Waals surface area contributed by atoms with Gasteiger partial charge in [0.1, 0.15) is 11.5 Å². The number of methoxy groups -OCH3 is 2. The highest BCUT2D eigenvalue weighted by Gasteiger charge is 2.19. The minimum Gasteiger partial charge on any atom is -0.497 e. The molecule has 112 valence electrons. The molecule has 0 heterocycles. The largest absolute Gasteiger partial charge is 0.497 e. The summed E-state index contributed by atoms with van der Waals surface area (Å²) in [6.07, 6.45) is 0. The van der Waals surface area contributed by atoms with Crippen LogP contribution in [0.4, 0.5) is 0 Å². The van der Waals surface area contributed by atoms with Crippen molar-refractivity contribution in [3.63, 3.8) is 0 Å². The van der Waals surface area contributed by atoms with Crippen molar-refractivity contribution in [1.82, 2.24) is 4.90 Å². The number of ether oxygens (including phenoxy) is 2. The molecular formula is C18H23NO2. The first kappa shape index (κ1) is 15.4. The summed E-state index contributed by atoms with van der Waals surface area (Å²) in [5, 5.41) is 0. The van der Waals surface area contributed by atoms with Gasteiger partial charge in [0.2, 0.25) is 0 Å². The summed E-state index contributed by atoms with van der Waals surface area (Å²) in [6, 6.07) is 14.6. The van der Waals surface area contributed by atoms with Gasteiger partial charge in [-0.3, -0.25) is 4.90 Å². The standard InChI is InChI=1S/C18H23NO2/c1-13-6-9-16(21-5)12-17(13)18(19(2)3)14-7-10-15(20-4)11-8-14/h6-12,18H,1-5H3. The molecule has 2 aromatic carbocycles. The molecule has 0 spiro atoms. The number of aryl methyl sites for hydroxylation is 1. The first-order valence-electron chi connectivity index (χ1n) is 7.01. The lowest BCUT2D eigenvalue weighted by molar-refractivity contribution is 0.339. The monoisotopic (exact) mass is 285 g/mol. The zero-order valence-electron chi connectivity index (χ0n) is 13.4. The minimum absolute atomic E-state index is 0.186. The summed E-state index contributed by atoms with van der Waals surface area (Å²) in [5.74, 6) is 1.76. The van der Waals surface area contributed by atoms with Gasteiger partial charge in [0, 0.05) is 0 Å². The first-order valence-corrected chi connectivity index (χ1v) is 7.01. The molecule has 0 radical (unpaired) electrons.